The van der Waals surface area contributed by atoms with Crippen molar-refractivity contribution in [3.63, 3.8) is 0 Å². The van der Waals surface area contributed by atoms with E-state index in [0.717, 1.165) is 75.2 Å². The number of rotatable bonds is 14. The molecule has 1 aromatic heterocycles. The molecule has 0 amide bonds. The first-order chi connectivity index (χ1) is 16.6. The third kappa shape index (κ3) is 7.00. The summed E-state index contributed by atoms with van der Waals surface area (Å²) in [5.74, 6) is -1.11. The third-order valence-electron chi connectivity index (χ3n) is 6.60. The lowest BCUT2D eigenvalue weighted by Crippen LogP contribution is -2.50. The number of para-hydroxylation sites is 2. The number of unbranched alkanes of at least 4 members (excludes halogenated alkanes) is 6. The summed E-state index contributed by atoms with van der Waals surface area (Å²) in [6.07, 6.45) is 11.3. The molecule has 2 unspecified atom stereocenters. The van der Waals surface area contributed by atoms with Gasteiger partial charge in [-0.1, -0.05) is 89.1 Å². The number of hydrogen-bond acceptors (Lipinski definition) is 6. The van der Waals surface area contributed by atoms with Crippen LogP contribution in [0.3, 0.4) is 0 Å². The highest BCUT2D eigenvalue weighted by Crippen LogP contribution is 2.48. The molecule has 1 heterocycles. The second-order valence-electron chi connectivity index (χ2n) is 9.27. The second-order valence-corrected chi connectivity index (χ2v) is 10.6. The quantitative estimate of drug-likeness (QED) is 0.232. The van der Waals surface area contributed by atoms with Crippen LogP contribution in [-0.4, -0.2) is 39.9 Å². The summed E-state index contributed by atoms with van der Waals surface area (Å²) in [6.45, 7) is 5.11. The van der Waals surface area contributed by atoms with Crippen molar-refractivity contribution in [1.29, 1.82) is 0 Å². The number of H-pyrrole nitrogens is 1. The fourth-order valence-electron chi connectivity index (χ4n) is 4.63. The zero-order chi connectivity index (χ0) is 24.2. The van der Waals surface area contributed by atoms with Gasteiger partial charge >= 0.3 is 11.9 Å². The van der Waals surface area contributed by atoms with Gasteiger partial charge in [0.05, 0.1) is 30.2 Å². The van der Waals surface area contributed by atoms with E-state index in [0.29, 0.717) is 31.2 Å². The minimum Gasteiger partial charge on any atom is -0.465 e. The van der Waals surface area contributed by atoms with Crippen molar-refractivity contribution >= 4 is 34.7 Å². The number of hydrogen-bond donors (Lipinski definition) is 1. The SMILES string of the molecule is CCCCCCOC(=O)C1CCCCC1(Sc1nc2ccccc2[nH]1)C(=O)OCCCCCC. The molecule has 2 atom stereocenters. The van der Waals surface area contributed by atoms with Crippen LogP contribution in [0.5, 0.6) is 0 Å². The molecule has 1 N–H and O–H groups in total. The Morgan fingerprint density at radius 3 is 2.41 bits per heavy atom. The molecule has 1 aliphatic carbocycles. The van der Waals surface area contributed by atoms with Gasteiger partial charge in [0.1, 0.15) is 4.75 Å². The number of nitrogens with one attached hydrogen (secondary N) is 1. The van der Waals surface area contributed by atoms with Gasteiger partial charge < -0.3 is 14.5 Å². The molecule has 1 aromatic carbocycles. The van der Waals surface area contributed by atoms with E-state index < -0.39 is 10.7 Å². The predicted molar refractivity (Wildman–Crippen MR) is 137 cm³/mol. The van der Waals surface area contributed by atoms with E-state index in [9.17, 15) is 9.59 Å². The van der Waals surface area contributed by atoms with Crippen molar-refractivity contribution < 1.29 is 19.1 Å². The van der Waals surface area contributed by atoms with Crippen molar-refractivity contribution in [3.05, 3.63) is 24.3 Å². The smallest absolute Gasteiger partial charge is 0.323 e. The fraction of sp³-hybridized carbons (Fsp3) is 0.667. The highest BCUT2D eigenvalue weighted by atomic mass is 32.2. The summed E-state index contributed by atoms with van der Waals surface area (Å²) < 4.78 is 10.5. The van der Waals surface area contributed by atoms with Crippen molar-refractivity contribution in [2.75, 3.05) is 13.2 Å². The number of aromatic nitrogens is 2. The lowest BCUT2D eigenvalue weighted by atomic mass is 9.78. The van der Waals surface area contributed by atoms with Crippen LogP contribution in [0.25, 0.3) is 11.0 Å². The van der Waals surface area contributed by atoms with E-state index in [1.807, 2.05) is 24.3 Å². The van der Waals surface area contributed by atoms with Crippen LogP contribution >= 0.6 is 11.8 Å². The van der Waals surface area contributed by atoms with Crippen molar-refractivity contribution in [2.24, 2.45) is 5.92 Å². The van der Waals surface area contributed by atoms with Crippen LogP contribution in [-0.2, 0) is 19.1 Å². The molecule has 6 nitrogen and oxygen atoms in total. The first-order valence-corrected chi connectivity index (χ1v) is 13.9. The minimum atomic E-state index is -1.02. The standard InChI is InChI=1S/C27H40N2O4S/c1-3-5-7-13-19-32-24(30)21-15-11-12-18-27(21,25(31)33-20-14-8-6-4-2)34-26-28-22-16-9-10-17-23(22)29-26/h9-10,16-17,21H,3-8,11-15,18-20H2,1-2H3,(H,28,29). The number of aromatic amines is 1. The van der Waals surface area contributed by atoms with Gasteiger partial charge in [0.15, 0.2) is 5.16 Å². The molecule has 1 fully saturated rings. The average Bonchev–Trinajstić information content (AvgIpc) is 3.26. The van der Waals surface area contributed by atoms with Gasteiger partial charge in [0.2, 0.25) is 0 Å². The Labute approximate surface area is 208 Å². The number of fused-ring (bicyclic) bond motifs is 1. The Hall–Kier alpha value is -2.02. The van der Waals surface area contributed by atoms with Crippen LogP contribution in [0.2, 0.25) is 0 Å². The number of esters is 2. The molecule has 2 aromatic rings. The molecule has 0 aliphatic heterocycles. The molecule has 0 radical (unpaired) electrons. The molecular formula is C27H40N2O4S. The summed E-state index contributed by atoms with van der Waals surface area (Å²) in [5.41, 5.74) is 1.76. The van der Waals surface area contributed by atoms with Gasteiger partial charge in [0.25, 0.3) is 0 Å². The number of nitrogens with zero attached hydrogens (tertiary/aromatic N) is 1. The summed E-state index contributed by atoms with van der Waals surface area (Å²) in [7, 11) is 0. The maximum absolute atomic E-state index is 13.6. The molecule has 188 valence electrons. The summed E-state index contributed by atoms with van der Waals surface area (Å²) in [6, 6.07) is 7.80. The minimum absolute atomic E-state index is 0.275. The van der Waals surface area contributed by atoms with E-state index in [4.69, 9.17) is 14.5 Å². The van der Waals surface area contributed by atoms with Crippen LogP contribution in [0, 0.1) is 5.92 Å². The zero-order valence-corrected chi connectivity index (χ0v) is 21.6. The van der Waals surface area contributed by atoms with Crippen LogP contribution < -0.4 is 0 Å². The molecule has 1 aliphatic rings. The molecule has 0 saturated heterocycles. The topological polar surface area (TPSA) is 81.3 Å². The summed E-state index contributed by atoms with van der Waals surface area (Å²) in [5, 5.41) is 0.645. The number of carbonyl (C=O) groups is 2. The monoisotopic (exact) mass is 488 g/mol. The first kappa shape index (κ1) is 26.6. The first-order valence-electron chi connectivity index (χ1n) is 13.1. The summed E-state index contributed by atoms with van der Waals surface area (Å²) >= 11 is 1.36. The van der Waals surface area contributed by atoms with Gasteiger partial charge in [0, 0.05) is 0 Å². The van der Waals surface area contributed by atoms with Crippen LogP contribution in [0.4, 0.5) is 0 Å². The molecule has 0 spiro atoms. The lowest BCUT2D eigenvalue weighted by Gasteiger charge is -2.39. The van der Waals surface area contributed by atoms with E-state index in [1.54, 1.807) is 0 Å². The second kappa shape index (κ2) is 13.8. The van der Waals surface area contributed by atoms with Gasteiger partial charge in [-0.05, 0) is 37.8 Å². The number of ether oxygens (including phenoxy) is 2. The van der Waals surface area contributed by atoms with E-state index >= 15 is 0 Å². The third-order valence-corrected chi connectivity index (χ3v) is 8.01. The van der Waals surface area contributed by atoms with Gasteiger partial charge in [-0.2, -0.15) is 0 Å². The maximum atomic E-state index is 13.6. The number of imidazole rings is 1. The normalized spacial score (nSPS) is 20.4. The number of benzene rings is 1. The van der Waals surface area contributed by atoms with E-state index in [1.165, 1.54) is 11.8 Å². The lowest BCUT2D eigenvalue weighted by molar-refractivity contribution is -0.160. The molecule has 3 rings (SSSR count). The number of thioether (sulfide) groups is 1. The van der Waals surface area contributed by atoms with Crippen molar-refractivity contribution in [2.45, 2.75) is 101 Å². The fourth-order valence-corrected chi connectivity index (χ4v) is 6.02. The molecule has 0 bridgehead atoms. The predicted octanol–water partition coefficient (Wildman–Crippen LogP) is 6.83. The van der Waals surface area contributed by atoms with Crippen LogP contribution in [0.15, 0.2) is 29.4 Å². The highest BCUT2D eigenvalue weighted by molar-refractivity contribution is 8.01. The Kier molecular flexibility index (Phi) is 10.8. The number of carbonyl (C=O) groups excluding carboxylic acids is 2. The van der Waals surface area contributed by atoms with Gasteiger partial charge in [-0.25, -0.2) is 4.98 Å². The van der Waals surface area contributed by atoms with Crippen molar-refractivity contribution in [1.82, 2.24) is 9.97 Å². The Balaban J connectivity index is 1.78. The molecule has 1 saturated carbocycles. The Morgan fingerprint density at radius 2 is 1.71 bits per heavy atom. The van der Waals surface area contributed by atoms with Gasteiger partial charge in [-0.3, -0.25) is 9.59 Å². The van der Waals surface area contributed by atoms with E-state index in [-0.39, 0.29) is 11.9 Å². The van der Waals surface area contributed by atoms with Crippen LogP contribution in [0.1, 0.15) is 90.9 Å². The zero-order valence-electron chi connectivity index (χ0n) is 20.8. The molecular weight excluding hydrogens is 448 g/mol. The maximum Gasteiger partial charge on any atom is 0.323 e. The Morgan fingerprint density at radius 1 is 1.00 bits per heavy atom. The van der Waals surface area contributed by atoms with Gasteiger partial charge in [-0.15, -0.1) is 0 Å². The molecule has 34 heavy (non-hydrogen) atoms. The highest BCUT2D eigenvalue weighted by Gasteiger charge is 2.54. The Bertz CT molecular complexity index is 882. The average molecular weight is 489 g/mol. The molecule has 7 heteroatoms. The van der Waals surface area contributed by atoms with E-state index in [2.05, 4.69) is 18.8 Å². The summed E-state index contributed by atoms with van der Waals surface area (Å²) in [4.78, 5) is 34.9. The largest absolute Gasteiger partial charge is 0.465 e. The van der Waals surface area contributed by atoms with Crippen molar-refractivity contribution in [3.8, 4) is 0 Å².